The molecule has 4 nitrogen and oxygen atoms in total. The molecular weight excluding hydrogens is 297 g/mol. The molecule has 7 heteroatoms. The Bertz CT molecular complexity index is 619. The number of nitrogens with two attached hydrogens (primary N) is 1. The number of anilines is 1. The number of hydrogen-bond donors (Lipinski definition) is 1. The van der Waals surface area contributed by atoms with Gasteiger partial charge in [0.25, 0.3) is 5.89 Å². The zero-order valence-electron chi connectivity index (χ0n) is 10.9. The van der Waals surface area contributed by atoms with Crippen LogP contribution < -0.4 is 5.73 Å². The molecule has 0 amide bonds. The normalized spacial score (nSPS) is 22.9. The average molecular weight is 311 g/mol. The molecule has 3 rings (SSSR count). The molecule has 2 aromatic rings. The number of nitrogen functional groups attached to an aromatic ring is 1. The fourth-order valence-corrected chi connectivity index (χ4v) is 4.76. The van der Waals surface area contributed by atoms with Crippen molar-refractivity contribution in [2.75, 3.05) is 17.2 Å². The number of thioether (sulfide) groups is 2. The van der Waals surface area contributed by atoms with Crippen LogP contribution in [0.5, 0.6) is 0 Å². The topological polar surface area (TPSA) is 64.9 Å². The second kappa shape index (κ2) is 5.65. The maximum atomic E-state index is 13.8. The Balaban J connectivity index is 1.91. The van der Waals surface area contributed by atoms with Crippen molar-refractivity contribution in [3.8, 4) is 11.5 Å². The Morgan fingerprint density at radius 3 is 2.95 bits per heavy atom. The lowest BCUT2D eigenvalue weighted by Crippen LogP contribution is -2.16. The molecule has 0 aliphatic carbocycles. The first-order valence-corrected chi connectivity index (χ1v) is 8.37. The highest BCUT2D eigenvalue weighted by Gasteiger charge is 2.29. The average Bonchev–Trinajstić information content (AvgIpc) is 2.91. The number of aromatic nitrogens is 2. The number of hydrogen-bond acceptors (Lipinski definition) is 6. The van der Waals surface area contributed by atoms with Gasteiger partial charge in [-0.05, 0) is 18.2 Å². The molecule has 0 bridgehead atoms. The SMILES string of the molecule is CC1SCCSC1c1noc(-c2cc(N)ccc2F)n1. The van der Waals surface area contributed by atoms with Gasteiger partial charge in [0.2, 0.25) is 0 Å². The van der Waals surface area contributed by atoms with Crippen molar-refractivity contribution in [3.63, 3.8) is 0 Å². The Hall–Kier alpha value is -1.21. The molecule has 20 heavy (non-hydrogen) atoms. The third kappa shape index (κ3) is 2.64. The lowest BCUT2D eigenvalue weighted by atomic mass is 10.2. The van der Waals surface area contributed by atoms with Crippen LogP contribution in [0.15, 0.2) is 22.7 Å². The predicted octanol–water partition coefficient (Wildman–Crippen LogP) is 3.37. The highest BCUT2D eigenvalue weighted by atomic mass is 32.2. The fraction of sp³-hybridized carbons (Fsp3) is 0.385. The minimum absolute atomic E-state index is 0.188. The molecule has 1 saturated heterocycles. The molecule has 2 unspecified atom stereocenters. The quantitative estimate of drug-likeness (QED) is 0.858. The molecule has 0 saturated carbocycles. The summed E-state index contributed by atoms with van der Waals surface area (Å²) in [6, 6.07) is 4.33. The second-order valence-electron chi connectivity index (χ2n) is 4.56. The molecule has 1 aromatic heterocycles. The Morgan fingerprint density at radius 2 is 2.15 bits per heavy atom. The largest absolute Gasteiger partial charge is 0.399 e. The van der Waals surface area contributed by atoms with Gasteiger partial charge >= 0.3 is 0 Å². The third-order valence-corrected chi connectivity index (χ3v) is 6.19. The van der Waals surface area contributed by atoms with Crippen LogP contribution in [0.3, 0.4) is 0 Å². The highest BCUT2D eigenvalue weighted by molar-refractivity contribution is 8.06. The van der Waals surface area contributed by atoms with Gasteiger partial charge in [0, 0.05) is 22.4 Å². The maximum Gasteiger partial charge on any atom is 0.261 e. The number of rotatable bonds is 2. The first-order valence-electron chi connectivity index (χ1n) is 6.27. The van der Waals surface area contributed by atoms with E-state index in [1.54, 1.807) is 0 Å². The van der Waals surface area contributed by atoms with E-state index in [0.29, 0.717) is 16.8 Å². The van der Waals surface area contributed by atoms with E-state index in [4.69, 9.17) is 10.3 Å². The minimum Gasteiger partial charge on any atom is -0.399 e. The fourth-order valence-electron chi connectivity index (χ4n) is 2.08. The van der Waals surface area contributed by atoms with Gasteiger partial charge in [-0.15, -0.1) is 11.8 Å². The highest BCUT2D eigenvalue weighted by Crippen LogP contribution is 2.41. The summed E-state index contributed by atoms with van der Waals surface area (Å²) in [4.78, 5) is 4.35. The van der Waals surface area contributed by atoms with Crippen LogP contribution in [0.1, 0.15) is 18.0 Å². The molecule has 1 aliphatic rings. The van der Waals surface area contributed by atoms with Crippen molar-refractivity contribution in [3.05, 3.63) is 29.8 Å². The first kappa shape index (κ1) is 13.8. The summed E-state index contributed by atoms with van der Waals surface area (Å²) in [5, 5.41) is 4.62. The summed E-state index contributed by atoms with van der Waals surface area (Å²) < 4.78 is 19.0. The lowest BCUT2D eigenvalue weighted by molar-refractivity contribution is 0.419. The molecule has 0 radical (unpaired) electrons. The number of benzene rings is 1. The van der Waals surface area contributed by atoms with Crippen molar-refractivity contribution in [1.82, 2.24) is 10.1 Å². The molecule has 2 atom stereocenters. The van der Waals surface area contributed by atoms with Crippen molar-refractivity contribution in [2.45, 2.75) is 17.4 Å². The van der Waals surface area contributed by atoms with E-state index in [1.165, 1.54) is 18.2 Å². The van der Waals surface area contributed by atoms with Gasteiger partial charge in [0.15, 0.2) is 5.82 Å². The van der Waals surface area contributed by atoms with E-state index < -0.39 is 5.82 Å². The van der Waals surface area contributed by atoms with Gasteiger partial charge in [0.05, 0.1) is 10.8 Å². The first-order chi connectivity index (χ1) is 9.65. The lowest BCUT2D eigenvalue weighted by Gasteiger charge is -2.24. The van der Waals surface area contributed by atoms with Gasteiger partial charge in [-0.3, -0.25) is 0 Å². The second-order valence-corrected chi connectivity index (χ2v) is 7.30. The van der Waals surface area contributed by atoms with E-state index in [2.05, 4.69) is 17.1 Å². The Morgan fingerprint density at radius 1 is 1.35 bits per heavy atom. The van der Waals surface area contributed by atoms with Crippen molar-refractivity contribution in [2.24, 2.45) is 0 Å². The van der Waals surface area contributed by atoms with E-state index in [0.717, 1.165) is 11.5 Å². The Kier molecular flexibility index (Phi) is 3.89. The number of nitrogens with zero attached hydrogens (tertiary/aromatic N) is 2. The summed E-state index contributed by atoms with van der Waals surface area (Å²) in [5.41, 5.74) is 6.40. The summed E-state index contributed by atoms with van der Waals surface area (Å²) in [7, 11) is 0. The van der Waals surface area contributed by atoms with E-state index in [9.17, 15) is 4.39 Å². The molecular formula is C13H14FN3OS2. The third-order valence-electron chi connectivity index (χ3n) is 3.10. The monoisotopic (exact) mass is 311 g/mol. The summed E-state index contributed by atoms with van der Waals surface area (Å²) in [5.74, 6) is 2.61. The number of halogens is 1. The summed E-state index contributed by atoms with van der Waals surface area (Å²) in [6.07, 6.45) is 0. The summed E-state index contributed by atoms with van der Waals surface area (Å²) in [6.45, 7) is 2.15. The van der Waals surface area contributed by atoms with E-state index in [-0.39, 0.29) is 16.7 Å². The summed E-state index contributed by atoms with van der Waals surface area (Å²) >= 11 is 3.71. The van der Waals surface area contributed by atoms with Gasteiger partial charge in [0.1, 0.15) is 5.82 Å². The van der Waals surface area contributed by atoms with E-state index in [1.807, 2.05) is 23.5 Å². The molecule has 2 heterocycles. The van der Waals surface area contributed by atoms with Crippen molar-refractivity contribution < 1.29 is 8.91 Å². The molecule has 0 spiro atoms. The van der Waals surface area contributed by atoms with Crippen molar-refractivity contribution >= 4 is 29.2 Å². The molecule has 1 fully saturated rings. The zero-order chi connectivity index (χ0) is 14.1. The maximum absolute atomic E-state index is 13.8. The molecule has 106 valence electrons. The van der Waals surface area contributed by atoms with Crippen LogP contribution in [0, 0.1) is 5.82 Å². The van der Waals surface area contributed by atoms with Crippen LogP contribution in [0.25, 0.3) is 11.5 Å². The molecule has 1 aromatic carbocycles. The van der Waals surface area contributed by atoms with Crippen LogP contribution in [0.2, 0.25) is 0 Å². The zero-order valence-corrected chi connectivity index (χ0v) is 12.5. The van der Waals surface area contributed by atoms with Crippen molar-refractivity contribution in [1.29, 1.82) is 0 Å². The smallest absolute Gasteiger partial charge is 0.261 e. The van der Waals surface area contributed by atoms with Crippen LogP contribution in [-0.4, -0.2) is 26.9 Å². The van der Waals surface area contributed by atoms with Gasteiger partial charge in [-0.1, -0.05) is 12.1 Å². The minimum atomic E-state index is -0.409. The van der Waals surface area contributed by atoms with Gasteiger partial charge in [-0.2, -0.15) is 16.7 Å². The molecule has 2 N–H and O–H groups in total. The van der Waals surface area contributed by atoms with Gasteiger partial charge < -0.3 is 10.3 Å². The Labute approximate surface area is 124 Å². The predicted molar refractivity (Wildman–Crippen MR) is 81.2 cm³/mol. The van der Waals surface area contributed by atoms with E-state index >= 15 is 0 Å². The van der Waals surface area contributed by atoms with Crippen LogP contribution in [0.4, 0.5) is 10.1 Å². The van der Waals surface area contributed by atoms with Crippen LogP contribution >= 0.6 is 23.5 Å². The standard InChI is InChI=1S/C13H14FN3OS2/c1-7-11(20-5-4-19-7)12-16-13(18-17-12)9-6-8(15)2-3-10(9)14/h2-3,6-7,11H,4-5,15H2,1H3. The van der Waals surface area contributed by atoms with Crippen LogP contribution in [-0.2, 0) is 0 Å². The van der Waals surface area contributed by atoms with Gasteiger partial charge in [-0.25, -0.2) is 4.39 Å². The molecule has 1 aliphatic heterocycles.